The molecule has 9 heteroatoms. The number of hydrogen-bond acceptors (Lipinski definition) is 6. The zero-order chi connectivity index (χ0) is 20.4. The first-order valence-electron chi connectivity index (χ1n) is 9.11. The van der Waals surface area contributed by atoms with Crippen LogP contribution in [0.5, 0.6) is 0 Å². The van der Waals surface area contributed by atoms with Crippen molar-refractivity contribution in [2.45, 2.75) is 19.4 Å². The number of halogens is 2. The van der Waals surface area contributed by atoms with Crippen LogP contribution in [0, 0.1) is 18.6 Å². The second kappa shape index (κ2) is 8.04. The van der Waals surface area contributed by atoms with E-state index in [1.807, 2.05) is 0 Å². The van der Waals surface area contributed by atoms with Gasteiger partial charge >= 0.3 is 0 Å². The molecule has 1 aliphatic heterocycles. The number of benzene rings is 1. The average molecular weight is 400 g/mol. The first-order valence-corrected chi connectivity index (χ1v) is 9.11. The summed E-state index contributed by atoms with van der Waals surface area (Å²) in [4.78, 5) is 18.8. The molecule has 0 saturated carbocycles. The fraction of sp³-hybridized carbons (Fsp3) is 0.300. The van der Waals surface area contributed by atoms with Gasteiger partial charge in [0.1, 0.15) is 23.4 Å². The number of rotatable bonds is 4. The van der Waals surface area contributed by atoms with Gasteiger partial charge < -0.3 is 9.64 Å². The summed E-state index contributed by atoms with van der Waals surface area (Å²) in [5.74, 6) is -1.51. The summed E-state index contributed by atoms with van der Waals surface area (Å²) in [6.45, 7) is 2.65. The third kappa shape index (κ3) is 4.00. The normalized spacial score (nSPS) is 16.8. The van der Waals surface area contributed by atoms with Crippen molar-refractivity contribution < 1.29 is 22.9 Å². The Labute approximate surface area is 165 Å². The van der Waals surface area contributed by atoms with Crippen LogP contribution in [-0.2, 0) is 11.2 Å². The van der Waals surface area contributed by atoms with Crippen molar-refractivity contribution in [3.05, 3.63) is 76.4 Å². The van der Waals surface area contributed by atoms with E-state index in [-0.39, 0.29) is 30.1 Å². The van der Waals surface area contributed by atoms with Crippen LogP contribution >= 0.6 is 0 Å². The van der Waals surface area contributed by atoms with E-state index in [1.165, 1.54) is 18.2 Å². The zero-order valence-corrected chi connectivity index (χ0v) is 15.6. The van der Waals surface area contributed by atoms with Crippen LogP contribution in [-0.4, -0.2) is 45.8 Å². The van der Waals surface area contributed by atoms with Gasteiger partial charge in [-0.25, -0.2) is 13.4 Å². The molecule has 7 nitrogen and oxygen atoms in total. The number of hydrogen-bond donors (Lipinski definition) is 0. The quantitative estimate of drug-likeness (QED) is 0.670. The molecule has 1 aliphatic rings. The molecular weight excluding hydrogens is 382 g/mol. The fourth-order valence-electron chi connectivity index (χ4n) is 3.25. The molecule has 3 heterocycles. The molecule has 29 heavy (non-hydrogen) atoms. The SMILES string of the molecule is Cc1nonc1C(=O)N1CCOC(c2cccc(Cc3c(F)cccc3F)n2)C1. The summed E-state index contributed by atoms with van der Waals surface area (Å²) in [6, 6.07) is 8.99. The van der Waals surface area contributed by atoms with Crippen LogP contribution < -0.4 is 0 Å². The molecule has 1 saturated heterocycles. The Morgan fingerprint density at radius 2 is 1.93 bits per heavy atom. The topological polar surface area (TPSA) is 81.4 Å². The van der Waals surface area contributed by atoms with Crippen molar-refractivity contribution in [1.82, 2.24) is 20.2 Å². The molecule has 0 spiro atoms. The van der Waals surface area contributed by atoms with Crippen molar-refractivity contribution >= 4 is 5.91 Å². The number of carbonyl (C=O) groups is 1. The van der Waals surface area contributed by atoms with Crippen molar-refractivity contribution in [2.75, 3.05) is 19.7 Å². The average Bonchev–Trinajstić information content (AvgIpc) is 3.16. The number of aryl methyl sites for hydroxylation is 1. The lowest BCUT2D eigenvalue weighted by molar-refractivity contribution is -0.0251. The lowest BCUT2D eigenvalue weighted by Gasteiger charge is -2.32. The first-order chi connectivity index (χ1) is 14.0. The highest BCUT2D eigenvalue weighted by atomic mass is 19.1. The molecule has 1 amide bonds. The number of amides is 1. The molecule has 1 atom stereocenters. The minimum Gasteiger partial charge on any atom is -0.368 e. The largest absolute Gasteiger partial charge is 0.368 e. The van der Waals surface area contributed by atoms with Gasteiger partial charge in [-0.2, -0.15) is 0 Å². The molecule has 0 N–H and O–H groups in total. The number of nitrogens with zero attached hydrogens (tertiary/aromatic N) is 4. The number of pyridine rings is 1. The van der Waals surface area contributed by atoms with E-state index in [4.69, 9.17) is 4.74 Å². The van der Waals surface area contributed by atoms with Crippen LogP contribution in [0.2, 0.25) is 0 Å². The maximum Gasteiger partial charge on any atom is 0.278 e. The van der Waals surface area contributed by atoms with Gasteiger partial charge in [-0.1, -0.05) is 17.3 Å². The summed E-state index contributed by atoms with van der Waals surface area (Å²) in [7, 11) is 0. The molecule has 1 unspecified atom stereocenters. The highest BCUT2D eigenvalue weighted by Gasteiger charge is 2.29. The van der Waals surface area contributed by atoms with E-state index in [1.54, 1.807) is 30.0 Å². The van der Waals surface area contributed by atoms with Gasteiger partial charge in [0.25, 0.3) is 5.91 Å². The number of aromatic nitrogens is 3. The third-order valence-electron chi connectivity index (χ3n) is 4.79. The maximum atomic E-state index is 13.9. The lowest BCUT2D eigenvalue weighted by Crippen LogP contribution is -2.42. The second-order valence-corrected chi connectivity index (χ2v) is 6.74. The molecule has 2 aromatic heterocycles. The number of carbonyl (C=O) groups excluding carboxylic acids is 1. The number of ether oxygens (including phenoxy) is 1. The maximum absolute atomic E-state index is 13.9. The lowest BCUT2D eigenvalue weighted by atomic mass is 10.1. The van der Waals surface area contributed by atoms with Crippen LogP contribution in [0.15, 0.2) is 41.0 Å². The predicted octanol–water partition coefficient (Wildman–Crippen LogP) is 2.86. The van der Waals surface area contributed by atoms with Crippen LogP contribution in [0.25, 0.3) is 0 Å². The molecular formula is C20H18F2N4O3. The Morgan fingerprint density at radius 3 is 2.66 bits per heavy atom. The summed E-state index contributed by atoms with van der Waals surface area (Å²) < 4.78 is 38.3. The Morgan fingerprint density at radius 1 is 1.17 bits per heavy atom. The molecule has 3 aromatic rings. The van der Waals surface area contributed by atoms with Crippen molar-refractivity contribution in [3.63, 3.8) is 0 Å². The van der Waals surface area contributed by atoms with Crippen LogP contribution in [0.1, 0.15) is 39.2 Å². The van der Waals surface area contributed by atoms with Gasteiger partial charge in [-0.3, -0.25) is 9.78 Å². The predicted molar refractivity (Wildman–Crippen MR) is 97.0 cm³/mol. The van der Waals surface area contributed by atoms with Crippen molar-refractivity contribution in [2.24, 2.45) is 0 Å². The monoisotopic (exact) mass is 400 g/mol. The molecule has 150 valence electrons. The minimum absolute atomic E-state index is 0.0194. The van der Waals surface area contributed by atoms with E-state index < -0.39 is 17.7 Å². The van der Waals surface area contributed by atoms with Gasteiger partial charge in [0, 0.05) is 24.2 Å². The molecule has 0 bridgehead atoms. The van der Waals surface area contributed by atoms with E-state index in [2.05, 4.69) is 19.9 Å². The number of morpholine rings is 1. The zero-order valence-electron chi connectivity index (χ0n) is 15.6. The Hall–Kier alpha value is -3.20. The van der Waals surface area contributed by atoms with Crippen molar-refractivity contribution in [3.8, 4) is 0 Å². The molecule has 1 aromatic carbocycles. The Kier molecular flexibility index (Phi) is 5.30. The van der Waals surface area contributed by atoms with Crippen molar-refractivity contribution in [1.29, 1.82) is 0 Å². The van der Waals surface area contributed by atoms with E-state index in [0.717, 1.165) is 0 Å². The van der Waals surface area contributed by atoms with Crippen LogP contribution in [0.3, 0.4) is 0 Å². The van der Waals surface area contributed by atoms with Gasteiger partial charge in [-0.05, 0) is 36.3 Å². The van der Waals surface area contributed by atoms with E-state index in [9.17, 15) is 13.6 Å². The highest BCUT2D eigenvalue weighted by Crippen LogP contribution is 2.23. The van der Waals surface area contributed by atoms with Crippen LogP contribution in [0.4, 0.5) is 8.78 Å². The summed E-state index contributed by atoms with van der Waals surface area (Å²) >= 11 is 0. The van der Waals surface area contributed by atoms with E-state index >= 15 is 0 Å². The summed E-state index contributed by atoms with van der Waals surface area (Å²) in [5.41, 5.74) is 1.65. The third-order valence-corrected chi connectivity index (χ3v) is 4.79. The van der Waals surface area contributed by atoms with E-state index in [0.29, 0.717) is 30.2 Å². The standard InChI is InChI=1S/C20H18F2N4O3/c1-12-19(25-29-24-12)20(27)26-8-9-28-18(11-26)17-7-2-4-13(23-17)10-14-15(21)5-3-6-16(14)22/h2-7,18H,8-11H2,1H3. The Bertz CT molecular complexity index is 1020. The fourth-order valence-corrected chi connectivity index (χ4v) is 3.25. The Balaban J connectivity index is 1.52. The van der Waals surface area contributed by atoms with Gasteiger partial charge in [-0.15, -0.1) is 0 Å². The van der Waals surface area contributed by atoms with Gasteiger partial charge in [0.05, 0.1) is 18.8 Å². The van der Waals surface area contributed by atoms with Gasteiger partial charge in [0.2, 0.25) is 0 Å². The van der Waals surface area contributed by atoms with Gasteiger partial charge in [0.15, 0.2) is 5.69 Å². The second-order valence-electron chi connectivity index (χ2n) is 6.74. The molecule has 4 rings (SSSR count). The minimum atomic E-state index is -0.612. The first kappa shape index (κ1) is 19.1. The molecule has 0 aliphatic carbocycles. The highest BCUT2D eigenvalue weighted by molar-refractivity contribution is 5.93. The smallest absolute Gasteiger partial charge is 0.278 e. The summed E-state index contributed by atoms with van der Waals surface area (Å²) in [5, 5.41) is 7.30. The molecule has 0 radical (unpaired) electrons. The summed E-state index contributed by atoms with van der Waals surface area (Å²) in [6.07, 6.45) is -0.441. The molecule has 1 fully saturated rings.